The SMILES string of the molecule is Cc1c(NC(=O)OC(C)(C)C)nc(CN(C)c2ccc(CCCCNC(=O)OC(C)(C)C)cc2)c2[nH]ncc12. The molecule has 0 aliphatic carbocycles. The molecule has 39 heavy (non-hydrogen) atoms. The molecule has 1 aromatic carbocycles. The zero-order valence-electron chi connectivity index (χ0n) is 24.4. The molecule has 0 aliphatic rings. The number of aromatic amines is 1. The topological polar surface area (TPSA) is 121 Å². The highest BCUT2D eigenvalue weighted by Crippen LogP contribution is 2.27. The molecule has 0 saturated carbocycles. The Morgan fingerprint density at radius 3 is 2.26 bits per heavy atom. The number of aromatic nitrogens is 3. The Balaban J connectivity index is 1.59. The Bertz CT molecular complexity index is 1270. The molecule has 2 aromatic heterocycles. The lowest BCUT2D eigenvalue weighted by Gasteiger charge is -2.22. The number of nitrogens with one attached hydrogen (secondary N) is 3. The van der Waals surface area contributed by atoms with E-state index < -0.39 is 17.3 Å². The van der Waals surface area contributed by atoms with Gasteiger partial charge < -0.3 is 19.7 Å². The number of amides is 2. The third-order valence-electron chi connectivity index (χ3n) is 5.88. The summed E-state index contributed by atoms with van der Waals surface area (Å²) < 4.78 is 10.7. The number of anilines is 2. The average molecular weight is 539 g/mol. The summed E-state index contributed by atoms with van der Waals surface area (Å²) in [7, 11) is 2.00. The third kappa shape index (κ3) is 9.15. The third-order valence-corrected chi connectivity index (χ3v) is 5.88. The summed E-state index contributed by atoms with van der Waals surface area (Å²) in [6, 6.07) is 8.42. The Morgan fingerprint density at radius 1 is 0.974 bits per heavy atom. The first-order valence-electron chi connectivity index (χ1n) is 13.3. The minimum absolute atomic E-state index is 0.377. The number of hydrogen-bond donors (Lipinski definition) is 3. The number of carbonyl (C=O) groups excluding carboxylic acids is 2. The van der Waals surface area contributed by atoms with E-state index in [2.05, 4.69) is 50.0 Å². The van der Waals surface area contributed by atoms with Gasteiger partial charge in [-0.15, -0.1) is 0 Å². The highest BCUT2D eigenvalue weighted by atomic mass is 16.6. The van der Waals surface area contributed by atoms with Crippen molar-refractivity contribution < 1.29 is 19.1 Å². The number of carbonyl (C=O) groups is 2. The van der Waals surface area contributed by atoms with Gasteiger partial charge in [-0.3, -0.25) is 10.4 Å². The maximum Gasteiger partial charge on any atom is 0.413 e. The van der Waals surface area contributed by atoms with Gasteiger partial charge in [0.1, 0.15) is 17.0 Å². The van der Waals surface area contributed by atoms with Crippen LogP contribution in [0, 0.1) is 6.92 Å². The van der Waals surface area contributed by atoms with Gasteiger partial charge in [0.2, 0.25) is 0 Å². The van der Waals surface area contributed by atoms with Gasteiger partial charge in [0, 0.05) is 30.2 Å². The molecule has 10 heteroatoms. The Hall–Kier alpha value is -3.82. The number of hydrogen-bond acceptors (Lipinski definition) is 7. The van der Waals surface area contributed by atoms with Crippen molar-refractivity contribution in [2.24, 2.45) is 0 Å². The van der Waals surface area contributed by atoms with Crippen LogP contribution in [0.25, 0.3) is 10.9 Å². The van der Waals surface area contributed by atoms with Crippen molar-refractivity contribution in [3.05, 3.63) is 47.3 Å². The summed E-state index contributed by atoms with van der Waals surface area (Å²) >= 11 is 0. The van der Waals surface area contributed by atoms with Crippen molar-refractivity contribution in [2.75, 3.05) is 23.8 Å². The molecule has 0 radical (unpaired) electrons. The monoisotopic (exact) mass is 538 g/mol. The van der Waals surface area contributed by atoms with E-state index in [1.807, 2.05) is 55.5 Å². The van der Waals surface area contributed by atoms with Gasteiger partial charge in [-0.05, 0) is 85.4 Å². The molecule has 3 aromatic rings. The lowest BCUT2D eigenvalue weighted by Crippen LogP contribution is -2.33. The molecule has 3 N–H and O–H groups in total. The summed E-state index contributed by atoms with van der Waals surface area (Å²) in [4.78, 5) is 31.0. The quantitative estimate of drug-likeness (QED) is 0.282. The van der Waals surface area contributed by atoms with Gasteiger partial charge in [0.25, 0.3) is 0 Å². The number of ether oxygens (including phenoxy) is 2. The fourth-order valence-corrected chi connectivity index (χ4v) is 4.02. The van der Waals surface area contributed by atoms with Crippen molar-refractivity contribution >= 4 is 34.6 Å². The second-order valence-corrected chi connectivity index (χ2v) is 11.7. The fraction of sp³-hybridized carbons (Fsp3) is 0.517. The highest BCUT2D eigenvalue weighted by molar-refractivity contribution is 5.92. The number of fused-ring (bicyclic) bond motifs is 1. The summed E-state index contributed by atoms with van der Waals surface area (Å²) in [5.74, 6) is 0.457. The number of H-pyrrole nitrogens is 1. The van der Waals surface area contributed by atoms with Crippen molar-refractivity contribution in [1.29, 1.82) is 0 Å². The van der Waals surface area contributed by atoms with Crippen LogP contribution in [0.3, 0.4) is 0 Å². The van der Waals surface area contributed by atoms with E-state index in [4.69, 9.17) is 14.5 Å². The van der Waals surface area contributed by atoms with Crippen molar-refractivity contribution in [1.82, 2.24) is 20.5 Å². The van der Waals surface area contributed by atoms with E-state index in [0.29, 0.717) is 18.9 Å². The van der Waals surface area contributed by atoms with Crippen LogP contribution >= 0.6 is 0 Å². The lowest BCUT2D eigenvalue weighted by molar-refractivity contribution is 0.0526. The number of rotatable bonds is 9. The smallest absolute Gasteiger partial charge is 0.413 e. The lowest BCUT2D eigenvalue weighted by atomic mass is 10.1. The van der Waals surface area contributed by atoms with E-state index in [1.165, 1.54) is 5.56 Å². The number of nitrogens with zero attached hydrogens (tertiary/aromatic N) is 3. The molecule has 0 spiro atoms. The van der Waals surface area contributed by atoms with Gasteiger partial charge in [0.05, 0.1) is 24.0 Å². The number of aryl methyl sites for hydroxylation is 2. The summed E-state index contributed by atoms with van der Waals surface area (Å²) in [6.07, 6.45) is 3.58. The largest absolute Gasteiger partial charge is 0.444 e. The molecule has 3 rings (SSSR count). The molecule has 212 valence electrons. The zero-order chi connectivity index (χ0) is 28.8. The molecular formula is C29H42N6O4. The minimum Gasteiger partial charge on any atom is -0.444 e. The molecular weight excluding hydrogens is 496 g/mol. The van der Waals surface area contributed by atoms with E-state index in [0.717, 1.165) is 47.1 Å². The standard InChI is InChI=1S/C29H42N6O4/c1-19-22-17-31-34-24(22)23(32-25(19)33-27(37)39-29(5,6)7)18-35(8)21-14-12-20(13-15-21)11-9-10-16-30-26(36)38-28(2,3)4/h12-15,17H,9-11,16,18H2,1-8H3,(H,30,36)(H,31,34)(H,32,33,37). The first-order valence-corrected chi connectivity index (χ1v) is 13.3. The molecule has 0 bridgehead atoms. The number of alkyl carbamates (subject to hydrolysis) is 1. The van der Waals surface area contributed by atoms with Gasteiger partial charge in [-0.1, -0.05) is 12.1 Å². The summed E-state index contributed by atoms with van der Waals surface area (Å²) in [6.45, 7) is 14.0. The van der Waals surface area contributed by atoms with Crippen molar-refractivity contribution in [3.63, 3.8) is 0 Å². The Morgan fingerprint density at radius 2 is 1.62 bits per heavy atom. The highest BCUT2D eigenvalue weighted by Gasteiger charge is 2.20. The van der Waals surface area contributed by atoms with Crippen LogP contribution < -0.4 is 15.5 Å². The van der Waals surface area contributed by atoms with E-state index >= 15 is 0 Å². The molecule has 2 heterocycles. The van der Waals surface area contributed by atoms with Gasteiger partial charge >= 0.3 is 12.2 Å². The van der Waals surface area contributed by atoms with E-state index in [9.17, 15) is 9.59 Å². The van der Waals surface area contributed by atoms with Gasteiger partial charge in [-0.25, -0.2) is 14.6 Å². The Kier molecular flexibility index (Phi) is 9.42. The fourth-order valence-electron chi connectivity index (χ4n) is 4.02. The average Bonchev–Trinajstić information content (AvgIpc) is 3.30. The molecule has 2 amide bonds. The van der Waals surface area contributed by atoms with E-state index in [1.54, 1.807) is 6.20 Å². The predicted molar refractivity (Wildman–Crippen MR) is 154 cm³/mol. The summed E-state index contributed by atoms with van der Waals surface area (Å²) in [5, 5.41) is 13.7. The number of benzene rings is 1. The Labute approximate surface area is 230 Å². The predicted octanol–water partition coefficient (Wildman–Crippen LogP) is 6.10. The van der Waals surface area contributed by atoms with Crippen LogP contribution in [0.15, 0.2) is 30.5 Å². The van der Waals surface area contributed by atoms with Gasteiger partial charge in [-0.2, -0.15) is 5.10 Å². The van der Waals surface area contributed by atoms with E-state index in [-0.39, 0.29) is 6.09 Å². The molecule has 10 nitrogen and oxygen atoms in total. The van der Waals surface area contributed by atoms with Crippen LogP contribution in [0.2, 0.25) is 0 Å². The normalized spacial score (nSPS) is 11.8. The minimum atomic E-state index is -0.607. The molecule has 0 saturated heterocycles. The second kappa shape index (κ2) is 12.4. The summed E-state index contributed by atoms with van der Waals surface area (Å²) in [5.41, 5.74) is 3.61. The van der Waals surface area contributed by atoms with Crippen LogP contribution in [0.5, 0.6) is 0 Å². The van der Waals surface area contributed by atoms with Crippen molar-refractivity contribution in [2.45, 2.75) is 85.5 Å². The maximum absolute atomic E-state index is 12.4. The maximum atomic E-state index is 12.4. The van der Waals surface area contributed by atoms with Crippen LogP contribution in [0.1, 0.15) is 71.2 Å². The molecule has 0 atom stereocenters. The molecule has 0 aliphatic heterocycles. The first-order chi connectivity index (χ1) is 18.2. The number of unbranched alkanes of at least 4 members (excludes halogenated alkanes) is 1. The van der Waals surface area contributed by atoms with Gasteiger partial charge in [0.15, 0.2) is 0 Å². The first kappa shape index (κ1) is 29.7. The van der Waals surface area contributed by atoms with Crippen LogP contribution in [0.4, 0.5) is 21.1 Å². The zero-order valence-corrected chi connectivity index (χ0v) is 24.4. The second-order valence-electron chi connectivity index (χ2n) is 11.7. The molecule has 0 unspecified atom stereocenters. The van der Waals surface area contributed by atoms with Crippen molar-refractivity contribution in [3.8, 4) is 0 Å². The number of pyridine rings is 1. The molecule has 0 fully saturated rings. The van der Waals surface area contributed by atoms with Crippen LogP contribution in [-0.4, -0.2) is 52.2 Å². The van der Waals surface area contributed by atoms with Crippen LogP contribution in [-0.2, 0) is 22.4 Å².